The Hall–Kier alpha value is -2.40. The zero-order valence-electron chi connectivity index (χ0n) is 16.9. The van der Waals surface area contributed by atoms with Gasteiger partial charge in [-0.3, -0.25) is 24.6 Å². The van der Waals surface area contributed by atoms with Crippen LogP contribution >= 0.6 is 21.6 Å². The van der Waals surface area contributed by atoms with Crippen LogP contribution in [0.2, 0.25) is 0 Å². The molecule has 0 spiro atoms. The van der Waals surface area contributed by atoms with Crippen LogP contribution in [-0.4, -0.2) is 50.0 Å². The molecule has 3 unspecified atom stereocenters. The smallest absolute Gasteiger partial charge is 0.304 e. The molecule has 0 saturated carbocycles. The summed E-state index contributed by atoms with van der Waals surface area (Å²) in [7, 11) is 2.05. The first kappa shape index (κ1) is 23.9. The minimum atomic E-state index is -1.10. The number of hydrogen-bond donors (Lipinski definition) is 3. The zero-order valence-corrected chi connectivity index (χ0v) is 18.5. The number of amides is 2. The van der Waals surface area contributed by atoms with Gasteiger partial charge in [-0.05, 0) is 25.5 Å². The molecule has 1 aromatic heterocycles. The summed E-state index contributed by atoms with van der Waals surface area (Å²) < 4.78 is 0. The molecular weight excluding hydrogens is 428 g/mol. The standard InChI is InChI=1S/C19H24N4O5S2/c1-4-10(2)18(20)22-12-5-6-15(21-9-12)23-16(25)7-14(19(23)28)30-29-13(11(3)24)8-17(26)27/h5-6,9-10,13-14H,4,7-8H2,1-3H3,(H2,20,22)(H,26,27). The van der Waals surface area contributed by atoms with Crippen molar-refractivity contribution in [3.63, 3.8) is 0 Å². The number of imide groups is 1. The number of aromatic nitrogens is 1. The molecule has 3 N–H and O–H groups in total. The highest BCUT2D eigenvalue weighted by atomic mass is 33.1. The van der Waals surface area contributed by atoms with E-state index in [9.17, 15) is 19.2 Å². The Morgan fingerprint density at radius 3 is 2.63 bits per heavy atom. The molecule has 1 aliphatic heterocycles. The van der Waals surface area contributed by atoms with Crippen molar-refractivity contribution >= 4 is 62.5 Å². The Morgan fingerprint density at radius 1 is 1.40 bits per heavy atom. The van der Waals surface area contributed by atoms with Gasteiger partial charge in [-0.15, -0.1) is 0 Å². The highest BCUT2D eigenvalue weighted by Gasteiger charge is 2.41. The predicted molar refractivity (Wildman–Crippen MR) is 118 cm³/mol. The number of nitrogens with one attached hydrogen (secondary N) is 2. The number of amidine groups is 1. The van der Waals surface area contributed by atoms with Crippen molar-refractivity contribution < 1.29 is 24.3 Å². The maximum atomic E-state index is 12.7. The lowest BCUT2D eigenvalue weighted by molar-refractivity contribution is -0.138. The summed E-state index contributed by atoms with van der Waals surface area (Å²) >= 11 is 0. The first-order valence-electron chi connectivity index (χ1n) is 9.36. The highest BCUT2D eigenvalue weighted by Crippen LogP contribution is 2.39. The quantitative estimate of drug-likeness (QED) is 0.211. The minimum Gasteiger partial charge on any atom is -0.481 e. The average Bonchev–Trinajstić information content (AvgIpc) is 2.98. The molecule has 9 nitrogen and oxygen atoms in total. The molecule has 2 rings (SSSR count). The number of rotatable bonds is 10. The van der Waals surface area contributed by atoms with Gasteiger partial charge in [-0.25, -0.2) is 9.88 Å². The molecule has 30 heavy (non-hydrogen) atoms. The van der Waals surface area contributed by atoms with Gasteiger partial charge >= 0.3 is 5.97 Å². The predicted octanol–water partition coefficient (Wildman–Crippen LogP) is 2.96. The number of carbonyl (C=O) groups is 4. The molecule has 1 aliphatic rings. The monoisotopic (exact) mass is 452 g/mol. The van der Waals surface area contributed by atoms with Gasteiger partial charge in [0.25, 0.3) is 0 Å². The van der Waals surface area contributed by atoms with E-state index in [4.69, 9.17) is 10.5 Å². The molecule has 0 aliphatic carbocycles. The number of carboxylic acid groups (broad SMARTS) is 1. The maximum absolute atomic E-state index is 12.7. The topological polar surface area (TPSA) is 141 Å². The van der Waals surface area contributed by atoms with Gasteiger partial charge in [0.15, 0.2) is 0 Å². The lowest BCUT2D eigenvalue weighted by Crippen LogP contribution is -2.32. The summed E-state index contributed by atoms with van der Waals surface area (Å²) in [5, 5.41) is 18.3. The summed E-state index contributed by atoms with van der Waals surface area (Å²) in [6.07, 6.45) is 1.89. The number of pyridine rings is 1. The number of hydrogen-bond acceptors (Lipinski definition) is 8. The molecule has 2 heterocycles. The third kappa shape index (κ3) is 6.05. The fourth-order valence-corrected chi connectivity index (χ4v) is 5.41. The van der Waals surface area contributed by atoms with Crippen LogP contribution in [0.15, 0.2) is 18.3 Å². The Kier molecular flexibility index (Phi) is 8.42. The molecule has 11 heteroatoms. The normalized spacial score (nSPS) is 18.2. The molecule has 0 radical (unpaired) electrons. The number of anilines is 2. The van der Waals surface area contributed by atoms with Crippen LogP contribution in [0, 0.1) is 11.3 Å². The molecule has 1 fully saturated rings. The number of Topliss-reactive ketones (excluding diaryl/α,β-unsaturated/α-hetero) is 1. The summed E-state index contributed by atoms with van der Waals surface area (Å²) in [6, 6.07) is 3.18. The lowest BCUT2D eigenvalue weighted by atomic mass is 10.1. The largest absolute Gasteiger partial charge is 0.481 e. The number of nitrogens with zero attached hydrogens (tertiary/aromatic N) is 2. The van der Waals surface area contributed by atoms with Crippen LogP contribution in [0.5, 0.6) is 0 Å². The van der Waals surface area contributed by atoms with Crippen molar-refractivity contribution in [2.45, 2.75) is 50.5 Å². The molecule has 0 aromatic carbocycles. The number of ketones is 1. The van der Waals surface area contributed by atoms with Crippen molar-refractivity contribution in [2.75, 3.05) is 10.2 Å². The van der Waals surface area contributed by atoms with Crippen LogP contribution in [0.4, 0.5) is 11.5 Å². The van der Waals surface area contributed by atoms with Gasteiger partial charge in [0.1, 0.15) is 22.7 Å². The SMILES string of the molecule is CCC(C)C(=N)Nc1ccc(N2C(=O)CC(SSC(CC(=O)O)C(C)=O)C2=O)nc1. The first-order chi connectivity index (χ1) is 14.1. The van der Waals surface area contributed by atoms with Crippen molar-refractivity contribution in [3.8, 4) is 0 Å². The zero-order chi connectivity index (χ0) is 22.4. The van der Waals surface area contributed by atoms with Crippen molar-refractivity contribution in [1.82, 2.24) is 4.98 Å². The Balaban J connectivity index is 2.03. The van der Waals surface area contributed by atoms with Gasteiger partial charge < -0.3 is 10.4 Å². The average molecular weight is 453 g/mol. The van der Waals surface area contributed by atoms with E-state index in [1.54, 1.807) is 6.07 Å². The maximum Gasteiger partial charge on any atom is 0.304 e. The summed E-state index contributed by atoms with van der Waals surface area (Å²) in [4.78, 5) is 52.7. The Labute approximate surface area is 182 Å². The third-order valence-corrected chi connectivity index (χ3v) is 7.74. The van der Waals surface area contributed by atoms with Gasteiger partial charge in [-0.2, -0.15) is 0 Å². The summed E-state index contributed by atoms with van der Waals surface area (Å²) in [5.74, 6) is -1.63. The second-order valence-electron chi connectivity index (χ2n) is 6.90. The Bertz CT molecular complexity index is 846. The fraction of sp³-hybridized carbons (Fsp3) is 0.474. The molecule has 0 bridgehead atoms. The van der Waals surface area contributed by atoms with E-state index >= 15 is 0 Å². The summed E-state index contributed by atoms with van der Waals surface area (Å²) in [6.45, 7) is 5.22. The first-order valence-corrected chi connectivity index (χ1v) is 11.6. The second kappa shape index (κ2) is 10.6. The molecule has 3 atom stereocenters. The molecule has 2 amide bonds. The van der Waals surface area contributed by atoms with E-state index in [2.05, 4.69) is 10.3 Å². The number of aliphatic carboxylic acids is 1. The molecule has 162 valence electrons. The van der Waals surface area contributed by atoms with Crippen LogP contribution in [0.25, 0.3) is 0 Å². The van der Waals surface area contributed by atoms with Gasteiger partial charge in [0.2, 0.25) is 11.8 Å². The van der Waals surface area contributed by atoms with Crippen molar-refractivity contribution in [1.29, 1.82) is 5.41 Å². The fourth-order valence-electron chi connectivity index (χ4n) is 2.53. The van der Waals surface area contributed by atoms with Crippen LogP contribution < -0.4 is 10.2 Å². The van der Waals surface area contributed by atoms with E-state index in [1.165, 1.54) is 19.2 Å². The molecular formula is C19H24N4O5S2. The van der Waals surface area contributed by atoms with E-state index < -0.39 is 28.3 Å². The lowest BCUT2D eigenvalue weighted by Gasteiger charge is -2.16. The highest BCUT2D eigenvalue weighted by molar-refractivity contribution is 8.77. The number of carboxylic acids is 1. The summed E-state index contributed by atoms with van der Waals surface area (Å²) in [5.41, 5.74) is 0.586. The van der Waals surface area contributed by atoms with E-state index in [0.717, 1.165) is 32.9 Å². The van der Waals surface area contributed by atoms with E-state index in [-0.39, 0.29) is 30.4 Å². The van der Waals surface area contributed by atoms with Crippen LogP contribution in [0.1, 0.15) is 40.0 Å². The third-order valence-electron chi connectivity index (χ3n) is 4.57. The molecule has 1 aromatic rings. The van der Waals surface area contributed by atoms with Gasteiger partial charge in [0.05, 0.1) is 23.6 Å². The van der Waals surface area contributed by atoms with E-state index in [1.807, 2.05) is 13.8 Å². The molecule has 1 saturated heterocycles. The number of carbonyl (C=O) groups excluding carboxylic acids is 3. The van der Waals surface area contributed by atoms with E-state index in [0.29, 0.717) is 11.5 Å². The van der Waals surface area contributed by atoms with Crippen LogP contribution in [0.3, 0.4) is 0 Å². The van der Waals surface area contributed by atoms with Gasteiger partial charge in [0, 0.05) is 12.3 Å². The van der Waals surface area contributed by atoms with Crippen LogP contribution in [-0.2, 0) is 19.2 Å². The minimum absolute atomic E-state index is 0.0471. The van der Waals surface area contributed by atoms with Crippen molar-refractivity contribution in [3.05, 3.63) is 18.3 Å². The Morgan fingerprint density at radius 2 is 2.10 bits per heavy atom. The van der Waals surface area contributed by atoms with Gasteiger partial charge in [-0.1, -0.05) is 35.4 Å². The second-order valence-corrected chi connectivity index (χ2v) is 9.58. The van der Waals surface area contributed by atoms with Crippen molar-refractivity contribution in [2.24, 2.45) is 5.92 Å².